The first-order valence-corrected chi connectivity index (χ1v) is 8.77. The topological polar surface area (TPSA) is 65.5 Å². The van der Waals surface area contributed by atoms with Gasteiger partial charge in [0.1, 0.15) is 11.5 Å². The van der Waals surface area contributed by atoms with Crippen LogP contribution in [0.1, 0.15) is 40.0 Å². The number of likely N-dealkylation sites (tertiary alicyclic amines) is 1. The third-order valence-electron chi connectivity index (χ3n) is 4.78. The Balaban J connectivity index is 1.70. The second-order valence-corrected chi connectivity index (χ2v) is 6.67. The van der Waals surface area contributed by atoms with Crippen molar-refractivity contribution in [3.05, 3.63) is 58.8 Å². The molecule has 0 saturated carbocycles. The molecular weight excluding hydrogens is 314 g/mol. The number of hydrogen-bond acceptors (Lipinski definition) is 4. The Labute approximate surface area is 148 Å². The molecule has 5 nitrogen and oxygen atoms in total. The Morgan fingerprint density at radius 3 is 2.92 bits per heavy atom. The first-order chi connectivity index (χ1) is 12.1. The molecule has 1 atom stereocenters. The fraction of sp³-hybridized carbons (Fsp3) is 0.400. The molecule has 1 aromatic heterocycles. The molecule has 0 radical (unpaired) electrons. The van der Waals surface area contributed by atoms with Gasteiger partial charge >= 0.3 is 0 Å². The molecule has 0 bridgehead atoms. The molecule has 5 heteroatoms. The van der Waals surface area contributed by atoms with E-state index in [1.54, 1.807) is 11.0 Å². The lowest BCUT2D eigenvalue weighted by Crippen LogP contribution is -2.38. The Morgan fingerprint density at radius 2 is 2.16 bits per heavy atom. The highest BCUT2D eigenvalue weighted by Crippen LogP contribution is 2.20. The molecule has 0 spiro atoms. The fourth-order valence-corrected chi connectivity index (χ4v) is 3.32. The minimum atomic E-state index is -0.105. The summed E-state index contributed by atoms with van der Waals surface area (Å²) in [5, 5.41) is 12.7. The van der Waals surface area contributed by atoms with Crippen LogP contribution in [0.15, 0.2) is 36.4 Å². The van der Waals surface area contributed by atoms with E-state index in [-0.39, 0.29) is 18.6 Å². The molecule has 1 aliphatic heterocycles. The van der Waals surface area contributed by atoms with Gasteiger partial charge < -0.3 is 15.3 Å². The lowest BCUT2D eigenvalue weighted by Gasteiger charge is -2.22. The van der Waals surface area contributed by atoms with Gasteiger partial charge in [-0.05, 0) is 49.9 Å². The van der Waals surface area contributed by atoms with E-state index in [1.807, 2.05) is 12.1 Å². The molecule has 2 heterocycles. The lowest BCUT2D eigenvalue weighted by molar-refractivity contribution is 0.0672. The number of rotatable bonds is 5. The highest BCUT2D eigenvalue weighted by Gasteiger charge is 2.29. The summed E-state index contributed by atoms with van der Waals surface area (Å²) in [4.78, 5) is 18.9. The predicted molar refractivity (Wildman–Crippen MR) is 98.6 cm³/mol. The summed E-state index contributed by atoms with van der Waals surface area (Å²) < 4.78 is 0. The Morgan fingerprint density at radius 1 is 1.32 bits per heavy atom. The van der Waals surface area contributed by atoms with Gasteiger partial charge in [0.15, 0.2) is 0 Å². The molecule has 2 N–H and O–H groups in total. The number of aliphatic hydroxyl groups excluding tert-OH is 1. The van der Waals surface area contributed by atoms with E-state index in [0.717, 1.165) is 12.8 Å². The number of aliphatic hydroxyl groups is 1. The molecule has 1 aliphatic rings. The van der Waals surface area contributed by atoms with Crippen molar-refractivity contribution >= 4 is 11.7 Å². The molecule has 1 unspecified atom stereocenters. The van der Waals surface area contributed by atoms with Crippen LogP contribution in [0.25, 0.3) is 0 Å². The molecule has 2 aromatic rings. The zero-order chi connectivity index (χ0) is 17.8. The van der Waals surface area contributed by atoms with Gasteiger partial charge in [0.05, 0.1) is 12.6 Å². The molecule has 0 aliphatic carbocycles. The molecule has 1 saturated heterocycles. The molecule has 1 amide bonds. The van der Waals surface area contributed by atoms with Crippen LogP contribution in [0.3, 0.4) is 0 Å². The SMILES string of the molecule is Cc1ccc(CNc2cccc(C(=O)N3CCCC3CO)n2)c(C)c1. The number of aryl methyl sites for hydroxylation is 2. The van der Waals surface area contributed by atoms with E-state index in [0.29, 0.717) is 24.6 Å². The van der Waals surface area contributed by atoms with E-state index < -0.39 is 0 Å². The normalized spacial score (nSPS) is 16.9. The second kappa shape index (κ2) is 7.66. The van der Waals surface area contributed by atoms with Gasteiger partial charge in [-0.1, -0.05) is 29.8 Å². The van der Waals surface area contributed by atoms with Gasteiger partial charge in [0.2, 0.25) is 0 Å². The number of nitrogens with zero attached hydrogens (tertiary/aromatic N) is 2. The molecule has 3 rings (SSSR count). The van der Waals surface area contributed by atoms with Crippen molar-refractivity contribution in [2.45, 2.75) is 39.3 Å². The highest BCUT2D eigenvalue weighted by molar-refractivity contribution is 5.93. The van der Waals surface area contributed by atoms with Crippen LogP contribution in [0.4, 0.5) is 5.82 Å². The van der Waals surface area contributed by atoms with Gasteiger partial charge in [-0.15, -0.1) is 0 Å². The largest absolute Gasteiger partial charge is 0.394 e. The maximum Gasteiger partial charge on any atom is 0.272 e. The minimum absolute atomic E-state index is 0.0103. The van der Waals surface area contributed by atoms with Crippen molar-refractivity contribution < 1.29 is 9.90 Å². The third-order valence-corrected chi connectivity index (χ3v) is 4.78. The average Bonchev–Trinajstić information content (AvgIpc) is 3.09. The lowest BCUT2D eigenvalue weighted by atomic mass is 10.1. The number of amides is 1. The zero-order valence-electron chi connectivity index (χ0n) is 14.8. The smallest absolute Gasteiger partial charge is 0.272 e. The van der Waals surface area contributed by atoms with Crippen LogP contribution >= 0.6 is 0 Å². The maximum atomic E-state index is 12.7. The van der Waals surface area contributed by atoms with Crippen LogP contribution in [0.5, 0.6) is 0 Å². The fourth-order valence-electron chi connectivity index (χ4n) is 3.32. The number of nitrogens with one attached hydrogen (secondary N) is 1. The Hall–Kier alpha value is -2.40. The maximum absolute atomic E-state index is 12.7. The van der Waals surface area contributed by atoms with Crippen molar-refractivity contribution in [1.82, 2.24) is 9.88 Å². The van der Waals surface area contributed by atoms with E-state index in [9.17, 15) is 9.90 Å². The Bertz CT molecular complexity index is 760. The van der Waals surface area contributed by atoms with Gasteiger partial charge in [0, 0.05) is 13.1 Å². The number of aromatic nitrogens is 1. The van der Waals surface area contributed by atoms with E-state index in [2.05, 4.69) is 42.3 Å². The van der Waals surface area contributed by atoms with E-state index in [4.69, 9.17) is 0 Å². The van der Waals surface area contributed by atoms with Gasteiger partial charge in [0.25, 0.3) is 5.91 Å². The first kappa shape index (κ1) is 17.4. The summed E-state index contributed by atoms with van der Waals surface area (Å²) in [5.74, 6) is 0.581. The van der Waals surface area contributed by atoms with Gasteiger partial charge in [-0.25, -0.2) is 4.98 Å². The predicted octanol–water partition coefficient (Wildman–Crippen LogP) is 2.91. The molecule has 132 valence electrons. The summed E-state index contributed by atoms with van der Waals surface area (Å²) in [7, 11) is 0. The van der Waals surface area contributed by atoms with Crippen LogP contribution in [0.2, 0.25) is 0 Å². The van der Waals surface area contributed by atoms with Crippen LogP contribution in [0, 0.1) is 13.8 Å². The zero-order valence-corrected chi connectivity index (χ0v) is 14.8. The summed E-state index contributed by atoms with van der Waals surface area (Å²) in [5.41, 5.74) is 4.12. The molecular formula is C20H25N3O2. The Kier molecular flexibility index (Phi) is 5.34. The highest BCUT2D eigenvalue weighted by atomic mass is 16.3. The third kappa shape index (κ3) is 3.99. The first-order valence-electron chi connectivity index (χ1n) is 8.77. The number of anilines is 1. The monoisotopic (exact) mass is 339 g/mol. The number of hydrogen-bond donors (Lipinski definition) is 2. The van der Waals surface area contributed by atoms with E-state index >= 15 is 0 Å². The number of carbonyl (C=O) groups excluding carboxylic acids is 1. The van der Waals surface area contributed by atoms with Crippen LogP contribution < -0.4 is 5.32 Å². The summed E-state index contributed by atoms with van der Waals surface area (Å²) in [6.07, 6.45) is 1.79. The van der Waals surface area contributed by atoms with Crippen molar-refractivity contribution in [2.75, 3.05) is 18.5 Å². The number of benzene rings is 1. The molecule has 1 aromatic carbocycles. The van der Waals surface area contributed by atoms with Crippen LogP contribution in [-0.2, 0) is 6.54 Å². The molecule has 1 fully saturated rings. The summed E-state index contributed by atoms with van der Waals surface area (Å²) in [6.45, 7) is 5.54. The second-order valence-electron chi connectivity index (χ2n) is 6.67. The summed E-state index contributed by atoms with van der Waals surface area (Å²) >= 11 is 0. The summed E-state index contributed by atoms with van der Waals surface area (Å²) in [6, 6.07) is 11.7. The van der Waals surface area contributed by atoms with Gasteiger partial charge in [-0.3, -0.25) is 4.79 Å². The van der Waals surface area contributed by atoms with Crippen molar-refractivity contribution in [2.24, 2.45) is 0 Å². The van der Waals surface area contributed by atoms with Crippen molar-refractivity contribution in [1.29, 1.82) is 0 Å². The standard InChI is InChI=1S/C20H25N3O2/c1-14-8-9-16(15(2)11-14)12-21-19-7-3-6-18(22-19)20(25)23-10-4-5-17(23)13-24/h3,6-9,11,17,24H,4-5,10,12-13H2,1-2H3,(H,21,22). The average molecular weight is 339 g/mol. The quantitative estimate of drug-likeness (QED) is 0.879. The van der Waals surface area contributed by atoms with Crippen molar-refractivity contribution in [3.8, 4) is 0 Å². The minimum Gasteiger partial charge on any atom is -0.394 e. The van der Waals surface area contributed by atoms with E-state index in [1.165, 1.54) is 16.7 Å². The van der Waals surface area contributed by atoms with Crippen LogP contribution in [-0.4, -0.2) is 40.1 Å². The number of carbonyl (C=O) groups is 1. The number of pyridine rings is 1. The molecule has 25 heavy (non-hydrogen) atoms. The van der Waals surface area contributed by atoms with Gasteiger partial charge in [-0.2, -0.15) is 0 Å². The van der Waals surface area contributed by atoms with Crippen molar-refractivity contribution in [3.63, 3.8) is 0 Å².